The maximum absolute atomic E-state index is 12.6. The van der Waals surface area contributed by atoms with Crippen LogP contribution in [0.5, 0.6) is 0 Å². The Kier molecular flexibility index (Phi) is 17.6. The minimum atomic E-state index is -5.94. The van der Waals surface area contributed by atoms with E-state index in [9.17, 15) is 57.9 Å². The Hall–Kier alpha value is -2.65. The molecule has 4 rings (SSSR count). The first-order chi connectivity index (χ1) is 27.9. The summed E-state index contributed by atoms with van der Waals surface area (Å²) in [7, 11) is -17.7. The van der Waals surface area contributed by atoms with Crippen molar-refractivity contribution in [3.05, 3.63) is 42.3 Å². The van der Waals surface area contributed by atoms with Crippen molar-refractivity contribution >= 4 is 92.2 Å². The number of hydrogen-bond donors (Lipinski definition) is 5. The summed E-state index contributed by atoms with van der Waals surface area (Å²) in [5.41, 5.74) is 2.01. The second-order valence-corrected chi connectivity index (χ2v) is 20.8. The summed E-state index contributed by atoms with van der Waals surface area (Å²) >= 11 is 4.21. The van der Waals surface area contributed by atoms with Crippen LogP contribution < -0.4 is 35.9 Å². The molecule has 7 atom stereocenters. The van der Waals surface area contributed by atoms with Gasteiger partial charge in [0.25, 0.3) is 15.6 Å². The van der Waals surface area contributed by atoms with Gasteiger partial charge in [0.05, 0.1) is 31.6 Å². The number of phosphoric ester groups is 3. The number of nitrogens with zero attached hydrogens (tertiary/aromatic N) is 4. The van der Waals surface area contributed by atoms with E-state index >= 15 is 0 Å². The average Bonchev–Trinajstić information content (AvgIpc) is 3.90. The maximum atomic E-state index is 12.6. The summed E-state index contributed by atoms with van der Waals surface area (Å²) in [6.45, 7) is 1.21. The fraction of sp³-hybridized carbons (Fsp3) is 0.533. The number of carbonyl (C=O) groups excluding carboxylic acids is 3. The molecule has 0 saturated carbocycles. The molecule has 60 heavy (non-hydrogen) atoms. The van der Waals surface area contributed by atoms with Crippen LogP contribution in [0.2, 0.25) is 0 Å². The van der Waals surface area contributed by atoms with Gasteiger partial charge in [-0.3, -0.25) is 28.1 Å². The number of nitrogens with two attached hydrogens (primary N) is 1. The van der Waals surface area contributed by atoms with Gasteiger partial charge in [-0.05, 0) is 24.4 Å². The molecule has 4 heterocycles. The molecule has 1 aliphatic heterocycles. The number of carbonyl (C=O) groups is 3. The molecule has 0 bridgehead atoms. The van der Waals surface area contributed by atoms with E-state index in [0.717, 1.165) is 33.2 Å². The molecule has 3 aromatic heterocycles. The molecule has 1 saturated heterocycles. The van der Waals surface area contributed by atoms with E-state index < -0.39 is 84.1 Å². The summed E-state index contributed by atoms with van der Waals surface area (Å²) in [5, 5.41) is 28.3. The SMILES string of the molecule is CC(C)(COP(=O)([O-])OP(=O)([O-])OCC1OC(C)(n2cnc3c(N)ncnc32)C(O)C1OP(=O)([O-])[O-])C(O)C(=O)NCCC(=O)NCCSC(=O)C=CCSc1cccs1. The number of aromatic nitrogens is 4. The molecular formula is C30H40N7O17P3S3-4. The quantitative estimate of drug-likeness (QED) is 0.0320. The number of phosphoric acid groups is 3. The first-order valence-corrected chi connectivity index (χ1v) is 24.5. The molecule has 2 amide bonds. The Morgan fingerprint density at radius 2 is 1.85 bits per heavy atom. The predicted molar refractivity (Wildman–Crippen MR) is 207 cm³/mol. The monoisotopic (exact) mass is 959 g/mol. The van der Waals surface area contributed by atoms with Gasteiger partial charge in [-0.15, -0.1) is 23.1 Å². The molecule has 1 aliphatic rings. The number of ether oxygens (including phenoxy) is 1. The zero-order valence-corrected chi connectivity index (χ0v) is 36.9. The Morgan fingerprint density at radius 1 is 1.13 bits per heavy atom. The number of imidazole rings is 1. The fourth-order valence-electron chi connectivity index (χ4n) is 5.24. The van der Waals surface area contributed by atoms with Crippen LogP contribution in [0, 0.1) is 5.41 Å². The van der Waals surface area contributed by atoms with Crippen molar-refractivity contribution < 1.29 is 80.5 Å². The van der Waals surface area contributed by atoms with Gasteiger partial charge in [-0.1, -0.05) is 37.8 Å². The highest BCUT2D eigenvalue weighted by Crippen LogP contribution is 2.56. The van der Waals surface area contributed by atoms with Crippen molar-refractivity contribution in [2.75, 3.05) is 43.5 Å². The minimum Gasteiger partial charge on any atom is -0.790 e. The van der Waals surface area contributed by atoms with Gasteiger partial charge in [0, 0.05) is 36.4 Å². The normalized spacial score (nSPS) is 22.4. The molecule has 1 fully saturated rings. The van der Waals surface area contributed by atoms with Crippen molar-refractivity contribution in [2.45, 2.75) is 61.5 Å². The highest BCUT2D eigenvalue weighted by molar-refractivity contribution is 8.14. The van der Waals surface area contributed by atoms with Crippen LogP contribution in [0.4, 0.5) is 5.82 Å². The summed E-state index contributed by atoms with van der Waals surface area (Å²) in [6.07, 6.45) is -2.90. The van der Waals surface area contributed by atoms with Crippen LogP contribution in [0.3, 0.4) is 0 Å². The lowest BCUT2D eigenvalue weighted by Gasteiger charge is -2.36. The van der Waals surface area contributed by atoms with Crippen LogP contribution in [-0.4, -0.2) is 109 Å². The van der Waals surface area contributed by atoms with Gasteiger partial charge in [0.15, 0.2) is 17.2 Å². The highest BCUT2D eigenvalue weighted by atomic mass is 32.2. The molecular weight excluding hydrogens is 919 g/mol. The number of aliphatic hydroxyl groups excluding tert-OH is 2. The van der Waals surface area contributed by atoms with Crippen LogP contribution >= 0.6 is 58.3 Å². The Labute approximate surface area is 354 Å². The predicted octanol–water partition coefficient (Wildman–Crippen LogP) is -1.28. The number of hydrogen-bond acceptors (Lipinski definition) is 24. The summed E-state index contributed by atoms with van der Waals surface area (Å²) < 4.78 is 62.3. The second-order valence-electron chi connectivity index (χ2n) is 13.4. The van der Waals surface area contributed by atoms with E-state index in [1.54, 1.807) is 29.2 Å². The van der Waals surface area contributed by atoms with Crippen molar-refractivity contribution in [2.24, 2.45) is 5.41 Å². The van der Waals surface area contributed by atoms with Crippen LogP contribution in [-0.2, 0) is 56.4 Å². The lowest BCUT2D eigenvalue weighted by molar-refractivity contribution is -0.347. The van der Waals surface area contributed by atoms with Crippen LogP contribution in [0.1, 0.15) is 27.2 Å². The first kappa shape index (κ1) is 50.0. The number of nitrogens with one attached hydrogen (secondary N) is 2. The highest BCUT2D eigenvalue weighted by Gasteiger charge is 2.55. The third kappa shape index (κ3) is 14.5. The lowest BCUT2D eigenvalue weighted by Crippen LogP contribution is -2.46. The third-order valence-electron chi connectivity index (χ3n) is 8.28. The van der Waals surface area contributed by atoms with E-state index in [0.29, 0.717) is 11.5 Å². The van der Waals surface area contributed by atoms with E-state index in [1.165, 1.54) is 26.8 Å². The number of thioether (sulfide) groups is 2. The molecule has 30 heteroatoms. The Morgan fingerprint density at radius 3 is 2.53 bits per heavy atom. The van der Waals surface area contributed by atoms with E-state index in [4.69, 9.17) is 10.5 Å². The topological polar surface area (TPSA) is 375 Å². The van der Waals surface area contributed by atoms with Crippen molar-refractivity contribution in [3.8, 4) is 0 Å². The van der Waals surface area contributed by atoms with Crippen molar-refractivity contribution in [1.29, 1.82) is 0 Å². The molecule has 0 radical (unpaired) electrons. The van der Waals surface area contributed by atoms with E-state index in [-0.39, 0.29) is 41.6 Å². The molecule has 0 spiro atoms. The summed E-state index contributed by atoms with van der Waals surface area (Å²) in [4.78, 5) is 96.7. The maximum Gasteiger partial charge on any atom is 0.274 e. The Bertz CT molecular complexity index is 2140. The molecule has 0 aromatic carbocycles. The Balaban J connectivity index is 1.21. The third-order valence-corrected chi connectivity index (χ3v) is 14.2. The second kappa shape index (κ2) is 21.1. The van der Waals surface area contributed by atoms with Gasteiger partial charge in [-0.2, -0.15) is 0 Å². The zero-order valence-electron chi connectivity index (χ0n) is 31.8. The van der Waals surface area contributed by atoms with Gasteiger partial charge in [-0.25, -0.2) is 19.3 Å². The standard InChI is InChI=1S/C30H44N7O17P3S3/c1-29(2,25(41)28(42)33-9-8-19(38)32-10-13-58-20(39)6-4-11-59-21-7-5-12-60-21)15-51-57(48,49)54-56(46,47)50-14-18-23(53-55(43,44)45)24(40)30(3,52-18)37-17-36-22-26(31)34-16-35-27(22)37/h4-7,12,16-18,23-25,40-41H,8-11,13-15H2,1-3H3,(H,32,38)(H,33,42)(H,46,47)(H,48,49)(H2,31,34,35)(H2,43,44,45)/p-4. The van der Waals surface area contributed by atoms with E-state index in [1.807, 2.05) is 17.5 Å². The zero-order chi connectivity index (χ0) is 44.5. The van der Waals surface area contributed by atoms with Gasteiger partial charge in [0.2, 0.25) is 16.9 Å². The molecule has 6 N–H and O–H groups in total. The van der Waals surface area contributed by atoms with Crippen LogP contribution in [0.15, 0.2) is 46.5 Å². The molecule has 0 aliphatic carbocycles. The fourth-order valence-corrected chi connectivity index (χ4v) is 10.2. The van der Waals surface area contributed by atoms with Crippen LogP contribution in [0.25, 0.3) is 11.2 Å². The van der Waals surface area contributed by atoms with Crippen molar-refractivity contribution in [1.82, 2.24) is 30.2 Å². The number of thiophene rings is 1. The summed E-state index contributed by atoms with van der Waals surface area (Å²) in [5.74, 6) is -0.635. The van der Waals surface area contributed by atoms with Gasteiger partial charge in [0.1, 0.15) is 36.3 Å². The average molecular weight is 960 g/mol. The van der Waals surface area contributed by atoms with Crippen molar-refractivity contribution in [3.63, 3.8) is 0 Å². The minimum absolute atomic E-state index is 0.0337. The largest absolute Gasteiger partial charge is 0.790 e. The van der Waals surface area contributed by atoms with E-state index in [2.05, 4.69) is 43.5 Å². The number of rotatable bonds is 23. The number of nitrogen functional groups attached to an aromatic ring is 1. The molecule has 24 nitrogen and oxygen atoms in total. The van der Waals surface area contributed by atoms with Gasteiger partial charge < -0.3 is 69.0 Å². The first-order valence-electron chi connectivity index (χ1n) is 17.3. The number of anilines is 1. The molecule has 3 aromatic rings. The number of amides is 2. The number of aliphatic hydroxyl groups is 2. The summed E-state index contributed by atoms with van der Waals surface area (Å²) in [6, 6.07) is 3.91. The lowest BCUT2D eigenvalue weighted by atomic mass is 9.87. The number of fused-ring (bicyclic) bond motifs is 1. The smallest absolute Gasteiger partial charge is 0.274 e. The molecule has 7 unspecified atom stereocenters. The van der Waals surface area contributed by atoms with Gasteiger partial charge >= 0.3 is 0 Å². The molecule has 334 valence electrons.